The third kappa shape index (κ3) is 2.35. The highest BCUT2D eigenvalue weighted by Gasteiger charge is 2.38. The number of isocyanates is 1. The Kier molecular flexibility index (Phi) is 3.57. The van der Waals surface area contributed by atoms with Crippen molar-refractivity contribution in [2.24, 2.45) is 4.99 Å². The van der Waals surface area contributed by atoms with Crippen molar-refractivity contribution in [3.63, 3.8) is 0 Å². The molecule has 0 saturated carbocycles. The number of hydrogen-bond acceptors (Lipinski definition) is 3. The van der Waals surface area contributed by atoms with E-state index in [4.69, 9.17) is 11.6 Å². The van der Waals surface area contributed by atoms with Gasteiger partial charge in [-0.3, -0.25) is 0 Å². The molecule has 3 nitrogen and oxygen atoms in total. The van der Waals surface area contributed by atoms with Gasteiger partial charge in [0.25, 0.3) is 0 Å². The van der Waals surface area contributed by atoms with Crippen LogP contribution in [0.3, 0.4) is 0 Å². The lowest BCUT2D eigenvalue weighted by atomic mass is 10.1. The van der Waals surface area contributed by atoms with Gasteiger partial charge in [0.1, 0.15) is 11.3 Å². The molecule has 7 heteroatoms. The number of hydrogen-bond donors (Lipinski definition) is 0. The first-order valence-corrected chi connectivity index (χ1v) is 4.31. The van der Waals surface area contributed by atoms with Gasteiger partial charge in [-0.15, -0.1) is 0 Å². The third-order valence-electron chi connectivity index (χ3n) is 1.74. The molecule has 0 bridgehead atoms. The SMILES string of the molecule is COc1c(N=C=O)ccc(Cl)c1C(F)(F)F. The Labute approximate surface area is 93.5 Å². The fraction of sp³-hybridized carbons (Fsp3) is 0.222. The number of rotatable bonds is 2. The molecule has 0 aliphatic heterocycles. The maximum absolute atomic E-state index is 12.6. The number of benzene rings is 1. The highest BCUT2D eigenvalue weighted by Crippen LogP contribution is 2.45. The molecule has 86 valence electrons. The molecule has 1 rings (SSSR count). The predicted molar refractivity (Wildman–Crippen MR) is 50.8 cm³/mol. The molecular weight excluding hydrogens is 247 g/mol. The monoisotopic (exact) mass is 251 g/mol. The molecule has 0 amide bonds. The van der Waals surface area contributed by atoms with Crippen LogP contribution >= 0.6 is 11.6 Å². The Hall–Kier alpha value is -1.52. The van der Waals surface area contributed by atoms with Crippen LogP contribution in [-0.2, 0) is 11.0 Å². The Morgan fingerprint density at radius 1 is 1.44 bits per heavy atom. The summed E-state index contributed by atoms with van der Waals surface area (Å²) in [5.41, 5.74) is -1.43. The van der Waals surface area contributed by atoms with Gasteiger partial charge in [-0.1, -0.05) is 11.6 Å². The Bertz CT molecular complexity index is 453. The standard InChI is InChI=1S/C9H5ClF3NO2/c1-16-8-6(14-4-15)3-2-5(10)7(8)9(11,12)13/h2-3H,1H3. The lowest BCUT2D eigenvalue weighted by molar-refractivity contribution is -0.138. The topological polar surface area (TPSA) is 38.7 Å². The molecule has 1 aromatic carbocycles. The summed E-state index contributed by atoms with van der Waals surface area (Å²) in [4.78, 5) is 13.1. The van der Waals surface area contributed by atoms with Gasteiger partial charge in [-0.2, -0.15) is 18.2 Å². The first kappa shape index (κ1) is 12.5. The van der Waals surface area contributed by atoms with Gasteiger partial charge in [0, 0.05) is 0 Å². The fourth-order valence-corrected chi connectivity index (χ4v) is 1.41. The summed E-state index contributed by atoms with van der Waals surface area (Å²) in [6, 6.07) is 2.13. The molecule has 0 spiro atoms. The number of carbonyl (C=O) groups excluding carboxylic acids is 1. The van der Waals surface area contributed by atoms with Crippen LogP contribution in [-0.4, -0.2) is 13.2 Å². The zero-order valence-electron chi connectivity index (χ0n) is 7.93. The minimum Gasteiger partial charge on any atom is -0.494 e. The second-order valence-corrected chi connectivity index (χ2v) is 3.08. The van der Waals surface area contributed by atoms with E-state index in [1.165, 1.54) is 0 Å². The Balaban J connectivity index is 3.57. The van der Waals surface area contributed by atoms with Crippen LogP contribution < -0.4 is 4.74 Å². The fourth-order valence-electron chi connectivity index (χ4n) is 1.16. The molecule has 0 aliphatic carbocycles. The summed E-state index contributed by atoms with van der Waals surface area (Å²) in [7, 11) is 1.03. The molecule has 1 aromatic rings. The van der Waals surface area contributed by atoms with Crippen LogP contribution in [0.5, 0.6) is 5.75 Å². The molecule has 0 aromatic heterocycles. The lowest BCUT2D eigenvalue weighted by Crippen LogP contribution is -2.08. The normalized spacial score (nSPS) is 10.8. The summed E-state index contributed by atoms with van der Waals surface area (Å²) in [6.45, 7) is 0. The summed E-state index contributed by atoms with van der Waals surface area (Å²) in [6.07, 6.45) is -3.54. The molecular formula is C9H5ClF3NO2. The minimum atomic E-state index is -4.68. The van der Waals surface area contributed by atoms with Crippen LogP contribution in [0.4, 0.5) is 18.9 Å². The van der Waals surface area contributed by atoms with Crippen LogP contribution in [0.25, 0.3) is 0 Å². The highest BCUT2D eigenvalue weighted by atomic mass is 35.5. The average Bonchev–Trinajstić information content (AvgIpc) is 2.18. The van der Waals surface area contributed by atoms with E-state index in [1.807, 2.05) is 0 Å². The van der Waals surface area contributed by atoms with E-state index >= 15 is 0 Å². The summed E-state index contributed by atoms with van der Waals surface area (Å²) < 4.78 is 42.4. The Morgan fingerprint density at radius 2 is 2.06 bits per heavy atom. The number of alkyl halides is 3. The van der Waals surface area contributed by atoms with Crippen LogP contribution in [0, 0.1) is 0 Å². The number of ether oxygens (including phenoxy) is 1. The van der Waals surface area contributed by atoms with Gasteiger partial charge in [0.2, 0.25) is 6.08 Å². The van der Waals surface area contributed by atoms with Gasteiger partial charge in [0.15, 0.2) is 5.75 Å². The van der Waals surface area contributed by atoms with Crippen molar-refractivity contribution in [3.8, 4) is 5.75 Å². The van der Waals surface area contributed by atoms with E-state index < -0.39 is 22.5 Å². The smallest absolute Gasteiger partial charge is 0.421 e. The lowest BCUT2D eigenvalue weighted by Gasteiger charge is -2.14. The zero-order chi connectivity index (χ0) is 12.3. The second-order valence-electron chi connectivity index (χ2n) is 2.68. The number of nitrogens with zero attached hydrogens (tertiary/aromatic N) is 1. The van der Waals surface area contributed by atoms with Crippen LogP contribution in [0.15, 0.2) is 17.1 Å². The van der Waals surface area contributed by atoms with E-state index in [1.54, 1.807) is 0 Å². The minimum absolute atomic E-state index is 0.269. The molecule has 0 unspecified atom stereocenters. The van der Waals surface area contributed by atoms with Gasteiger partial charge < -0.3 is 4.74 Å². The molecule has 0 fully saturated rings. The number of methoxy groups -OCH3 is 1. The highest BCUT2D eigenvalue weighted by molar-refractivity contribution is 6.31. The first-order valence-electron chi connectivity index (χ1n) is 3.93. The van der Waals surface area contributed by atoms with Gasteiger partial charge in [-0.05, 0) is 12.1 Å². The molecule has 0 aliphatic rings. The van der Waals surface area contributed by atoms with Crippen molar-refractivity contribution in [2.75, 3.05) is 7.11 Å². The third-order valence-corrected chi connectivity index (χ3v) is 2.05. The molecule has 0 N–H and O–H groups in total. The summed E-state index contributed by atoms with van der Waals surface area (Å²) >= 11 is 5.42. The molecule has 16 heavy (non-hydrogen) atoms. The van der Waals surface area contributed by atoms with E-state index in [0.29, 0.717) is 0 Å². The van der Waals surface area contributed by atoms with E-state index in [-0.39, 0.29) is 5.69 Å². The molecule has 0 saturated heterocycles. The first-order chi connectivity index (χ1) is 7.41. The maximum Gasteiger partial charge on any atom is 0.421 e. The largest absolute Gasteiger partial charge is 0.494 e. The quantitative estimate of drug-likeness (QED) is 0.597. The summed E-state index contributed by atoms with van der Waals surface area (Å²) in [5.74, 6) is -0.594. The van der Waals surface area contributed by atoms with Gasteiger partial charge >= 0.3 is 6.18 Å². The van der Waals surface area contributed by atoms with Crippen LogP contribution in [0.2, 0.25) is 5.02 Å². The Morgan fingerprint density at radius 3 is 2.50 bits per heavy atom. The summed E-state index contributed by atoms with van der Waals surface area (Å²) in [5, 5.41) is -0.519. The molecule has 0 atom stereocenters. The van der Waals surface area contributed by atoms with Crippen molar-refractivity contribution in [1.82, 2.24) is 0 Å². The van der Waals surface area contributed by atoms with Crippen molar-refractivity contribution >= 4 is 23.4 Å². The van der Waals surface area contributed by atoms with E-state index in [0.717, 1.165) is 25.3 Å². The zero-order valence-corrected chi connectivity index (χ0v) is 8.69. The average molecular weight is 252 g/mol. The number of aliphatic imine (C=N–C) groups is 1. The van der Waals surface area contributed by atoms with E-state index in [9.17, 15) is 18.0 Å². The van der Waals surface area contributed by atoms with Crippen molar-refractivity contribution < 1.29 is 22.7 Å². The molecule has 0 radical (unpaired) electrons. The molecule has 0 heterocycles. The van der Waals surface area contributed by atoms with Gasteiger partial charge in [-0.25, -0.2) is 4.79 Å². The number of halogens is 4. The van der Waals surface area contributed by atoms with Crippen molar-refractivity contribution in [1.29, 1.82) is 0 Å². The predicted octanol–water partition coefficient (Wildman–Crippen LogP) is 3.33. The van der Waals surface area contributed by atoms with Gasteiger partial charge in [0.05, 0.1) is 12.1 Å². The maximum atomic E-state index is 12.6. The van der Waals surface area contributed by atoms with E-state index in [2.05, 4.69) is 9.73 Å². The van der Waals surface area contributed by atoms with Crippen molar-refractivity contribution in [2.45, 2.75) is 6.18 Å². The van der Waals surface area contributed by atoms with Crippen molar-refractivity contribution in [3.05, 3.63) is 22.7 Å². The second kappa shape index (κ2) is 4.55. The van der Waals surface area contributed by atoms with Crippen LogP contribution in [0.1, 0.15) is 5.56 Å².